The number of carbonyl (C=O) groups is 2. The van der Waals surface area contributed by atoms with Crippen LogP contribution < -0.4 is 20.5 Å². The van der Waals surface area contributed by atoms with Crippen molar-refractivity contribution in [2.24, 2.45) is 5.73 Å². The largest absolute Gasteiger partial charge is 0.496 e. The van der Waals surface area contributed by atoms with Crippen LogP contribution in [0.5, 0.6) is 11.6 Å². The average molecular weight is 345 g/mol. The summed E-state index contributed by atoms with van der Waals surface area (Å²) >= 11 is 0. The third-order valence-electron chi connectivity index (χ3n) is 4.16. The van der Waals surface area contributed by atoms with Crippen LogP contribution in [-0.2, 0) is 9.53 Å². The lowest BCUT2D eigenvalue weighted by Gasteiger charge is -2.14. The number of hydrogen-bond acceptors (Lipinski definition) is 6. The smallest absolute Gasteiger partial charge is 0.252 e. The molecule has 1 fully saturated rings. The fourth-order valence-electron chi connectivity index (χ4n) is 2.86. The Morgan fingerprint density at radius 2 is 2.20 bits per heavy atom. The topological polar surface area (TPSA) is 113 Å². The monoisotopic (exact) mass is 345 g/mol. The molecule has 0 saturated carbocycles. The number of amides is 2. The maximum absolute atomic E-state index is 11.7. The predicted octanol–water partition coefficient (Wildman–Crippen LogP) is 0.625. The Morgan fingerprint density at radius 3 is 2.84 bits per heavy atom. The molecular formula is C17H19N3O5. The second kappa shape index (κ2) is 6.94. The van der Waals surface area contributed by atoms with E-state index in [0.29, 0.717) is 23.4 Å². The number of nitrogens with zero attached hydrogens (tertiary/aromatic N) is 1. The molecule has 0 unspecified atom stereocenters. The van der Waals surface area contributed by atoms with Gasteiger partial charge in [-0.25, -0.2) is 4.98 Å². The van der Waals surface area contributed by atoms with E-state index >= 15 is 0 Å². The number of aromatic nitrogens is 1. The van der Waals surface area contributed by atoms with Crippen molar-refractivity contribution in [1.82, 2.24) is 10.3 Å². The van der Waals surface area contributed by atoms with Crippen molar-refractivity contribution in [3.05, 3.63) is 30.0 Å². The van der Waals surface area contributed by atoms with Gasteiger partial charge in [-0.05, 0) is 23.6 Å². The van der Waals surface area contributed by atoms with Gasteiger partial charge in [-0.15, -0.1) is 0 Å². The molecule has 2 heterocycles. The number of fused-ring (bicyclic) bond motifs is 1. The first-order valence-electron chi connectivity index (χ1n) is 7.76. The molecule has 2 amide bonds. The number of nitrogens with one attached hydrogen (secondary N) is 1. The van der Waals surface area contributed by atoms with Crippen LogP contribution in [-0.4, -0.2) is 49.8 Å². The molecule has 3 N–H and O–H groups in total. The maximum atomic E-state index is 11.7. The van der Waals surface area contributed by atoms with Crippen molar-refractivity contribution in [3.8, 4) is 11.6 Å². The van der Waals surface area contributed by atoms with Gasteiger partial charge in [-0.3, -0.25) is 9.59 Å². The van der Waals surface area contributed by atoms with E-state index in [4.69, 9.17) is 19.9 Å². The molecule has 1 aromatic carbocycles. The van der Waals surface area contributed by atoms with E-state index in [-0.39, 0.29) is 24.1 Å². The van der Waals surface area contributed by atoms with Gasteiger partial charge in [0.2, 0.25) is 11.8 Å². The molecular weight excluding hydrogens is 326 g/mol. The Bertz CT molecular complexity index is 823. The number of methoxy groups -OCH3 is 2. The highest BCUT2D eigenvalue weighted by molar-refractivity contribution is 6.01. The zero-order valence-electron chi connectivity index (χ0n) is 13.9. The molecule has 8 nitrogen and oxygen atoms in total. The number of benzene rings is 1. The minimum atomic E-state index is -0.572. The lowest BCUT2D eigenvalue weighted by atomic mass is 10.1. The number of nitrogens with two attached hydrogens (primary N) is 1. The quantitative estimate of drug-likeness (QED) is 0.794. The molecule has 2 aromatic rings. The Morgan fingerprint density at radius 1 is 1.40 bits per heavy atom. The molecule has 1 saturated heterocycles. The van der Waals surface area contributed by atoms with Gasteiger partial charge in [0.25, 0.3) is 5.91 Å². The van der Waals surface area contributed by atoms with Crippen molar-refractivity contribution in [1.29, 1.82) is 0 Å². The van der Waals surface area contributed by atoms with Crippen LogP contribution in [0.25, 0.3) is 10.8 Å². The molecule has 1 aliphatic rings. The Kier molecular flexibility index (Phi) is 4.71. The lowest BCUT2D eigenvalue weighted by Crippen LogP contribution is -2.32. The minimum absolute atomic E-state index is 0.144. The van der Waals surface area contributed by atoms with Gasteiger partial charge in [0.1, 0.15) is 18.5 Å². The molecule has 1 aliphatic heterocycles. The molecule has 1 aromatic heterocycles. The summed E-state index contributed by atoms with van der Waals surface area (Å²) in [4.78, 5) is 27.4. The van der Waals surface area contributed by atoms with Gasteiger partial charge in [0.15, 0.2) is 0 Å². The van der Waals surface area contributed by atoms with Crippen LogP contribution in [0.4, 0.5) is 0 Å². The van der Waals surface area contributed by atoms with Gasteiger partial charge < -0.3 is 25.3 Å². The van der Waals surface area contributed by atoms with Crippen molar-refractivity contribution >= 4 is 22.6 Å². The third-order valence-corrected chi connectivity index (χ3v) is 4.16. The third kappa shape index (κ3) is 3.34. The normalized spacial score (nSPS) is 19.7. The number of carbonyl (C=O) groups excluding carboxylic acids is 2. The summed E-state index contributed by atoms with van der Waals surface area (Å²) in [5.74, 6) is 0.0282. The van der Waals surface area contributed by atoms with Crippen molar-refractivity contribution in [3.63, 3.8) is 0 Å². The van der Waals surface area contributed by atoms with E-state index in [1.807, 2.05) is 0 Å². The Labute approximate surface area is 144 Å². The molecule has 0 bridgehead atoms. The highest BCUT2D eigenvalue weighted by atomic mass is 16.5. The fraction of sp³-hybridized carbons (Fsp3) is 0.353. The van der Waals surface area contributed by atoms with E-state index in [9.17, 15) is 9.59 Å². The lowest BCUT2D eigenvalue weighted by molar-refractivity contribution is -0.127. The van der Waals surface area contributed by atoms with E-state index in [2.05, 4.69) is 10.3 Å². The number of hydrogen-bond donors (Lipinski definition) is 2. The summed E-state index contributed by atoms with van der Waals surface area (Å²) in [6.45, 7) is 0.262. The van der Waals surface area contributed by atoms with Crippen LogP contribution in [0, 0.1) is 0 Å². The molecule has 0 spiro atoms. The molecule has 0 aliphatic carbocycles. The van der Waals surface area contributed by atoms with Gasteiger partial charge in [-0.2, -0.15) is 0 Å². The number of primary amides is 1. The summed E-state index contributed by atoms with van der Waals surface area (Å²) in [6.07, 6.45) is 1.67. The first kappa shape index (κ1) is 17.0. The summed E-state index contributed by atoms with van der Waals surface area (Å²) in [5.41, 5.74) is 5.67. The zero-order chi connectivity index (χ0) is 18.0. The van der Waals surface area contributed by atoms with Crippen LogP contribution >= 0.6 is 0 Å². The zero-order valence-corrected chi connectivity index (χ0v) is 13.9. The van der Waals surface area contributed by atoms with E-state index in [1.165, 1.54) is 14.2 Å². The number of ether oxygens (including phenoxy) is 3. The molecule has 132 valence electrons. The minimum Gasteiger partial charge on any atom is -0.496 e. The van der Waals surface area contributed by atoms with Crippen molar-refractivity contribution in [2.45, 2.75) is 18.6 Å². The van der Waals surface area contributed by atoms with E-state index in [0.717, 1.165) is 5.39 Å². The van der Waals surface area contributed by atoms with Crippen LogP contribution in [0.15, 0.2) is 24.4 Å². The van der Waals surface area contributed by atoms with E-state index in [1.54, 1.807) is 24.4 Å². The SMILES string of the molecule is COc1cc2c(OC[C@@H]3C[C@H](OC)C(=O)N3)nccc2cc1C(N)=O. The summed E-state index contributed by atoms with van der Waals surface area (Å²) in [6, 6.07) is 4.92. The molecule has 2 atom stereocenters. The summed E-state index contributed by atoms with van der Waals surface area (Å²) in [5, 5.41) is 4.26. The van der Waals surface area contributed by atoms with E-state index < -0.39 is 12.0 Å². The Balaban J connectivity index is 1.84. The molecule has 0 radical (unpaired) electrons. The fourth-order valence-corrected chi connectivity index (χ4v) is 2.86. The standard InChI is InChI=1S/C17H19N3O5/c1-23-13-7-11-9(5-12(13)15(18)21)3-4-19-17(11)25-8-10-6-14(24-2)16(22)20-10/h3-5,7,10,14H,6,8H2,1-2H3,(H2,18,21)(H,20,22)/t10-,14-/m0/s1. The van der Waals surface area contributed by atoms with Gasteiger partial charge in [0, 0.05) is 25.1 Å². The first-order chi connectivity index (χ1) is 12.0. The second-order valence-electron chi connectivity index (χ2n) is 5.73. The molecule has 8 heteroatoms. The number of rotatable bonds is 6. The average Bonchev–Trinajstić information content (AvgIpc) is 2.98. The summed E-state index contributed by atoms with van der Waals surface area (Å²) < 4.78 is 16.1. The van der Waals surface area contributed by atoms with Crippen LogP contribution in [0.1, 0.15) is 16.8 Å². The van der Waals surface area contributed by atoms with Gasteiger partial charge >= 0.3 is 0 Å². The van der Waals surface area contributed by atoms with Crippen LogP contribution in [0.2, 0.25) is 0 Å². The number of pyridine rings is 1. The predicted molar refractivity (Wildman–Crippen MR) is 89.7 cm³/mol. The van der Waals surface area contributed by atoms with Crippen molar-refractivity contribution < 1.29 is 23.8 Å². The molecule has 25 heavy (non-hydrogen) atoms. The summed E-state index contributed by atoms with van der Waals surface area (Å²) in [7, 11) is 2.96. The van der Waals surface area contributed by atoms with Gasteiger partial charge in [-0.1, -0.05) is 0 Å². The molecule has 3 rings (SSSR count). The highest BCUT2D eigenvalue weighted by Crippen LogP contribution is 2.30. The van der Waals surface area contributed by atoms with Crippen LogP contribution in [0.3, 0.4) is 0 Å². The maximum Gasteiger partial charge on any atom is 0.252 e. The van der Waals surface area contributed by atoms with Gasteiger partial charge in [0.05, 0.1) is 18.7 Å². The first-order valence-corrected chi connectivity index (χ1v) is 7.76. The second-order valence-corrected chi connectivity index (χ2v) is 5.73. The Hall–Kier alpha value is -2.87. The highest BCUT2D eigenvalue weighted by Gasteiger charge is 2.32. The van der Waals surface area contributed by atoms with Crippen molar-refractivity contribution in [2.75, 3.05) is 20.8 Å².